The lowest BCUT2D eigenvalue weighted by molar-refractivity contribution is -0.136. The predicted octanol–water partition coefficient (Wildman–Crippen LogP) is 2.10. The van der Waals surface area contributed by atoms with E-state index in [0.29, 0.717) is 0 Å². The van der Waals surface area contributed by atoms with Crippen molar-refractivity contribution >= 4 is 55.3 Å². The summed E-state index contributed by atoms with van der Waals surface area (Å²) in [6, 6.07) is 4.78. The number of halogens is 2. The number of rotatable bonds is 4. The average molecular weight is 524 g/mol. The molecule has 0 aromatic heterocycles. The van der Waals surface area contributed by atoms with Crippen LogP contribution >= 0.6 is 15.9 Å². The Hall–Kier alpha value is -3.12. The van der Waals surface area contributed by atoms with Crippen molar-refractivity contribution in [3.8, 4) is 0 Å². The summed E-state index contributed by atoms with van der Waals surface area (Å²) in [6.07, 6.45) is -0.00556. The molecule has 2 aromatic rings. The first kappa shape index (κ1) is 22.1. The number of benzene rings is 2. The van der Waals surface area contributed by atoms with Crippen molar-refractivity contribution in [1.82, 2.24) is 10.2 Å². The van der Waals surface area contributed by atoms with E-state index in [1.54, 1.807) is 0 Å². The average Bonchev–Trinajstić information content (AvgIpc) is 2.96. The highest BCUT2D eigenvalue weighted by Gasteiger charge is 2.44. The molecule has 0 bridgehead atoms. The van der Waals surface area contributed by atoms with Gasteiger partial charge in [0.15, 0.2) is 0 Å². The van der Waals surface area contributed by atoms with Gasteiger partial charge in [-0.3, -0.25) is 34.1 Å². The fourth-order valence-corrected chi connectivity index (χ4v) is 5.73. The molecule has 2 aliphatic rings. The maximum atomic E-state index is 13.7. The summed E-state index contributed by atoms with van der Waals surface area (Å²) in [4.78, 5) is 49.7. The van der Waals surface area contributed by atoms with E-state index in [1.165, 1.54) is 25.1 Å². The first-order valence-electron chi connectivity index (χ1n) is 9.34. The van der Waals surface area contributed by atoms with Crippen LogP contribution in [0.2, 0.25) is 0 Å². The molecule has 32 heavy (non-hydrogen) atoms. The van der Waals surface area contributed by atoms with Gasteiger partial charge in [-0.25, -0.2) is 12.8 Å². The molecule has 0 radical (unpaired) electrons. The molecule has 9 nitrogen and oxygen atoms in total. The number of hydrogen-bond donors (Lipinski definition) is 2. The maximum absolute atomic E-state index is 13.7. The van der Waals surface area contributed by atoms with Crippen molar-refractivity contribution in [2.24, 2.45) is 0 Å². The minimum Gasteiger partial charge on any atom is -0.295 e. The van der Waals surface area contributed by atoms with Crippen LogP contribution in [-0.2, 0) is 19.6 Å². The highest BCUT2D eigenvalue weighted by atomic mass is 79.9. The Bertz CT molecular complexity index is 1330. The molecule has 12 heteroatoms. The number of fused-ring (bicyclic) bond motifs is 1. The van der Waals surface area contributed by atoms with Crippen molar-refractivity contribution in [1.29, 1.82) is 0 Å². The van der Waals surface area contributed by atoms with Gasteiger partial charge in [-0.2, -0.15) is 0 Å². The molecular formula is C20H15BrFN3O6S. The Labute approximate surface area is 190 Å². The first-order valence-corrected chi connectivity index (χ1v) is 11.6. The molecule has 1 atom stereocenters. The van der Waals surface area contributed by atoms with E-state index >= 15 is 0 Å². The monoisotopic (exact) mass is 523 g/mol. The SMILES string of the molecule is Cc1c(F)ccc(S(=O)(=O)Nc2ccc3c(c2)C(=O)N(C2CCC(=O)NC2=O)C3=O)c1Br. The standard InChI is InChI=1S/C20H15BrFN3O6S/c1-9-13(22)4-6-15(17(9)21)32(30,31)24-10-2-3-11-12(8-10)20(29)25(19(11)28)14-5-7-16(26)23-18(14)27/h2-4,6,8,14,24H,5,7H2,1H3,(H,23,26,27). The van der Waals surface area contributed by atoms with Crippen LogP contribution in [-0.4, -0.2) is 43.0 Å². The molecule has 2 aliphatic heterocycles. The van der Waals surface area contributed by atoms with Crippen molar-refractivity contribution in [3.63, 3.8) is 0 Å². The van der Waals surface area contributed by atoms with Crippen LogP contribution in [0.3, 0.4) is 0 Å². The van der Waals surface area contributed by atoms with Gasteiger partial charge in [-0.15, -0.1) is 0 Å². The summed E-state index contributed by atoms with van der Waals surface area (Å²) in [5.41, 5.74) is 0.0575. The number of nitrogens with zero attached hydrogens (tertiary/aromatic N) is 1. The van der Waals surface area contributed by atoms with Gasteiger partial charge in [0.25, 0.3) is 21.8 Å². The third-order valence-electron chi connectivity index (χ3n) is 5.27. The van der Waals surface area contributed by atoms with Crippen molar-refractivity contribution in [2.45, 2.75) is 30.7 Å². The highest BCUT2D eigenvalue weighted by Crippen LogP contribution is 2.32. The summed E-state index contributed by atoms with van der Waals surface area (Å²) in [7, 11) is -4.16. The van der Waals surface area contributed by atoms with E-state index < -0.39 is 45.5 Å². The number of piperidine rings is 1. The van der Waals surface area contributed by atoms with Crippen molar-refractivity contribution < 1.29 is 32.0 Å². The quantitative estimate of drug-likeness (QED) is 0.590. The molecule has 2 N–H and O–H groups in total. The van der Waals surface area contributed by atoms with Gasteiger partial charge >= 0.3 is 0 Å². The topological polar surface area (TPSA) is 130 Å². The zero-order chi connectivity index (χ0) is 23.4. The molecule has 0 spiro atoms. The summed E-state index contributed by atoms with van der Waals surface area (Å²) >= 11 is 3.08. The number of imide groups is 2. The summed E-state index contributed by atoms with van der Waals surface area (Å²) < 4.78 is 41.7. The number of hydrogen-bond acceptors (Lipinski definition) is 6. The van der Waals surface area contributed by atoms with E-state index in [4.69, 9.17) is 0 Å². The van der Waals surface area contributed by atoms with Crippen LogP contribution < -0.4 is 10.0 Å². The fraction of sp³-hybridized carbons (Fsp3) is 0.200. The van der Waals surface area contributed by atoms with Crippen molar-refractivity contribution in [3.05, 3.63) is 57.3 Å². The molecule has 0 aliphatic carbocycles. The van der Waals surface area contributed by atoms with Crippen LogP contribution in [0.15, 0.2) is 39.7 Å². The van der Waals surface area contributed by atoms with Crippen LogP contribution in [0.1, 0.15) is 39.1 Å². The molecule has 1 unspecified atom stereocenters. The predicted molar refractivity (Wildman–Crippen MR) is 113 cm³/mol. The highest BCUT2D eigenvalue weighted by molar-refractivity contribution is 9.10. The molecular weight excluding hydrogens is 509 g/mol. The second-order valence-electron chi connectivity index (χ2n) is 7.30. The zero-order valence-electron chi connectivity index (χ0n) is 16.4. The summed E-state index contributed by atoms with van der Waals surface area (Å²) in [6.45, 7) is 1.42. The van der Waals surface area contributed by atoms with Gasteiger partial charge < -0.3 is 0 Å². The minimum atomic E-state index is -4.16. The van der Waals surface area contributed by atoms with E-state index in [0.717, 1.165) is 17.0 Å². The zero-order valence-corrected chi connectivity index (χ0v) is 18.8. The van der Waals surface area contributed by atoms with E-state index in [2.05, 4.69) is 26.0 Å². The molecule has 1 saturated heterocycles. The molecule has 2 heterocycles. The normalized spacial score (nSPS) is 18.6. The van der Waals surface area contributed by atoms with Crippen LogP contribution in [0.25, 0.3) is 0 Å². The Morgan fingerprint density at radius 1 is 1.09 bits per heavy atom. The molecule has 4 amide bonds. The number of amides is 4. The van der Waals surface area contributed by atoms with Crippen molar-refractivity contribution in [2.75, 3.05) is 4.72 Å². The Balaban J connectivity index is 1.64. The van der Waals surface area contributed by atoms with Crippen LogP contribution in [0, 0.1) is 12.7 Å². The summed E-state index contributed by atoms with van der Waals surface area (Å²) in [5.74, 6) is -3.27. The fourth-order valence-electron chi connectivity index (χ4n) is 3.59. The van der Waals surface area contributed by atoms with Gasteiger partial charge in [0.2, 0.25) is 11.8 Å². The molecule has 166 valence electrons. The third-order valence-corrected chi connectivity index (χ3v) is 7.97. The van der Waals surface area contributed by atoms with Gasteiger partial charge in [0.1, 0.15) is 16.8 Å². The Morgan fingerprint density at radius 2 is 1.78 bits per heavy atom. The van der Waals surface area contributed by atoms with E-state index in [1.807, 2.05) is 0 Å². The van der Waals surface area contributed by atoms with Gasteiger partial charge in [0.05, 0.1) is 11.1 Å². The van der Waals surface area contributed by atoms with E-state index in [-0.39, 0.29) is 44.6 Å². The Morgan fingerprint density at radius 3 is 2.47 bits per heavy atom. The van der Waals surface area contributed by atoms with Gasteiger partial charge in [-0.05, 0) is 59.6 Å². The second kappa shape index (κ2) is 7.78. The molecule has 1 fully saturated rings. The lowest BCUT2D eigenvalue weighted by Gasteiger charge is -2.27. The molecule has 0 saturated carbocycles. The smallest absolute Gasteiger partial charge is 0.263 e. The number of carbonyl (C=O) groups excluding carboxylic acids is 4. The minimum absolute atomic E-state index is 0.00361. The summed E-state index contributed by atoms with van der Waals surface area (Å²) in [5, 5.41) is 2.10. The number of anilines is 1. The maximum Gasteiger partial charge on any atom is 0.263 e. The van der Waals surface area contributed by atoms with Crippen LogP contribution in [0.4, 0.5) is 10.1 Å². The Kier molecular flexibility index (Phi) is 5.37. The lowest BCUT2D eigenvalue weighted by Crippen LogP contribution is -2.54. The molecule has 4 rings (SSSR count). The number of nitrogens with one attached hydrogen (secondary N) is 2. The third kappa shape index (κ3) is 3.58. The second-order valence-corrected chi connectivity index (χ2v) is 9.74. The van der Waals surface area contributed by atoms with Crippen LogP contribution in [0.5, 0.6) is 0 Å². The largest absolute Gasteiger partial charge is 0.295 e. The number of carbonyl (C=O) groups is 4. The lowest BCUT2D eigenvalue weighted by atomic mass is 10.0. The van der Waals surface area contributed by atoms with Gasteiger partial charge in [0, 0.05) is 22.1 Å². The van der Waals surface area contributed by atoms with E-state index in [9.17, 15) is 32.0 Å². The number of sulfonamides is 1. The molecule has 2 aromatic carbocycles. The van der Waals surface area contributed by atoms with Gasteiger partial charge in [-0.1, -0.05) is 0 Å². The first-order chi connectivity index (χ1) is 15.0.